The van der Waals surface area contributed by atoms with Crippen molar-refractivity contribution in [3.63, 3.8) is 0 Å². The lowest BCUT2D eigenvalue weighted by molar-refractivity contribution is 0.670. The van der Waals surface area contributed by atoms with Gasteiger partial charge in [0.25, 0.3) is 0 Å². The second kappa shape index (κ2) is 11.9. The number of anilines is 3. The van der Waals surface area contributed by atoms with Gasteiger partial charge in [-0.15, -0.1) is 11.3 Å². The molecule has 0 saturated heterocycles. The summed E-state index contributed by atoms with van der Waals surface area (Å²) in [6.07, 6.45) is 0. The summed E-state index contributed by atoms with van der Waals surface area (Å²) in [5.41, 5.74) is 9.67. The van der Waals surface area contributed by atoms with E-state index in [4.69, 9.17) is 4.42 Å². The second-order valence-electron chi connectivity index (χ2n) is 13.7. The van der Waals surface area contributed by atoms with E-state index >= 15 is 0 Å². The molecule has 0 spiro atoms. The van der Waals surface area contributed by atoms with Crippen LogP contribution in [0.15, 0.2) is 192 Å². The number of hydrogen-bond donors (Lipinski definition) is 0. The van der Waals surface area contributed by atoms with E-state index in [-0.39, 0.29) is 0 Å². The monoisotopic (exact) mass is 693 g/mol. The first-order valence-corrected chi connectivity index (χ1v) is 18.8. The van der Waals surface area contributed by atoms with Crippen molar-refractivity contribution in [1.82, 2.24) is 0 Å². The number of para-hydroxylation sites is 1. The van der Waals surface area contributed by atoms with E-state index in [1.165, 1.54) is 52.8 Å². The van der Waals surface area contributed by atoms with Gasteiger partial charge in [0, 0.05) is 42.5 Å². The van der Waals surface area contributed by atoms with Gasteiger partial charge >= 0.3 is 0 Å². The van der Waals surface area contributed by atoms with Crippen molar-refractivity contribution in [3.8, 4) is 22.3 Å². The molecular weight excluding hydrogens is 663 g/mol. The van der Waals surface area contributed by atoms with Crippen molar-refractivity contribution in [2.75, 3.05) is 4.90 Å². The van der Waals surface area contributed by atoms with E-state index in [1.54, 1.807) is 0 Å². The lowest BCUT2D eigenvalue weighted by atomic mass is 9.97. The fraction of sp³-hybridized carbons (Fsp3) is 0. The van der Waals surface area contributed by atoms with E-state index in [2.05, 4.69) is 193 Å². The molecule has 248 valence electrons. The molecule has 2 heterocycles. The third-order valence-corrected chi connectivity index (χ3v) is 11.8. The van der Waals surface area contributed by atoms with Crippen LogP contribution in [0.2, 0.25) is 0 Å². The highest BCUT2D eigenvalue weighted by Gasteiger charge is 2.23. The maximum atomic E-state index is 6.75. The number of nitrogens with zero attached hydrogens (tertiary/aromatic N) is 1. The zero-order valence-corrected chi connectivity index (χ0v) is 29.5. The molecule has 11 aromatic rings. The zero-order chi connectivity index (χ0) is 34.9. The molecule has 11 rings (SSSR count). The lowest BCUT2D eigenvalue weighted by Gasteiger charge is -2.27. The van der Waals surface area contributed by atoms with Gasteiger partial charge in [-0.1, -0.05) is 133 Å². The van der Waals surface area contributed by atoms with Crippen LogP contribution in [0.25, 0.3) is 85.9 Å². The molecule has 2 aromatic heterocycles. The van der Waals surface area contributed by atoms with Gasteiger partial charge in [-0.25, -0.2) is 0 Å². The fourth-order valence-corrected chi connectivity index (χ4v) is 9.34. The quantitative estimate of drug-likeness (QED) is 0.167. The maximum Gasteiger partial charge on any atom is 0.145 e. The van der Waals surface area contributed by atoms with Crippen LogP contribution in [-0.4, -0.2) is 0 Å². The van der Waals surface area contributed by atoms with E-state index in [1.807, 2.05) is 11.3 Å². The average molecular weight is 694 g/mol. The molecule has 9 aromatic carbocycles. The lowest BCUT2D eigenvalue weighted by Crippen LogP contribution is -2.10. The first kappa shape index (κ1) is 30.0. The van der Waals surface area contributed by atoms with Gasteiger partial charge in [0.2, 0.25) is 0 Å². The average Bonchev–Trinajstić information content (AvgIpc) is 3.81. The van der Waals surface area contributed by atoms with Crippen molar-refractivity contribution in [2.24, 2.45) is 0 Å². The van der Waals surface area contributed by atoms with Crippen LogP contribution in [0.5, 0.6) is 0 Å². The smallest absolute Gasteiger partial charge is 0.145 e. The van der Waals surface area contributed by atoms with Gasteiger partial charge < -0.3 is 9.32 Å². The normalized spacial score (nSPS) is 11.8. The van der Waals surface area contributed by atoms with Crippen molar-refractivity contribution in [2.45, 2.75) is 0 Å². The minimum Gasteiger partial charge on any atom is -0.455 e. The summed E-state index contributed by atoms with van der Waals surface area (Å²) < 4.78 is 9.38. The highest BCUT2D eigenvalue weighted by Crippen LogP contribution is 2.47. The second-order valence-corrected chi connectivity index (χ2v) is 14.7. The van der Waals surface area contributed by atoms with Gasteiger partial charge in [-0.05, 0) is 92.8 Å². The van der Waals surface area contributed by atoms with Crippen LogP contribution in [0.3, 0.4) is 0 Å². The van der Waals surface area contributed by atoms with E-state index in [9.17, 15) is 0 Å². The summed E-state index contributed by atoms with van der Waals surface area (Å²) in [7, 11) is 0. The number of rotatable bonds is 5. The number of benzene rings is 9. The van der Waals surface area contributed by atoms with Crippen LogP contribution in [0.4, 0.5) is 17.1 Å². The van der Waals surface area contributed by atoms with Gasteiger partial charge in [-0.2, -0.15) is 0 Å². The highest BCUT2D eigenvalue weighted by molar-refractivity contribution is 7.25. The van der Waals surface area contributed by atoms with Crippen LogP contribution in [0.1, 0.15) is 0 Å². The Hall–Kier alpha value is -6.68. The Bertz CT molecular complexity index is 3170. The molecule has 0 unspecified atom stereocenters. The van der Waals surface area contributed by atoms with Gasteiger partial charge in [0.05, 0.1) is 11.1 Å². The van der Waals surface area contributed by atoms with E-state index in [0.717, 1.165) is 50.1 Å². The van der Waals surface area contributed by atoms with Crippen LogP contribution < -0.4 is 4.90 Å². The van der Waals surface area contributed by atoms with Crippen LogP contribution >= 0.6 is 11.3 Å². The predicted octanol–water partition coefficient (Wildman–Crippen LogP) is 15.1. The Morgan fingerprint density at radius 1 is 0.396 bits per heavy atom. The third kappa shape index (κ3) is 4.78. The van der Waals surface area contributed by atoms with Crippen molar-refractivity contribution in [1.29, 1.82) is 0 Å². The van der Waals surface area contributed by atoms with Crippen molar-refractivity contribution < 1.29 is 4.42 Å². The number of hydrogen-bond acceptors (Lipinski definition) is 3. The summed E-state index contributed by atoms with van der Waals surface area (Å²) in [5.74, 6) is 0. The van der Waals surface area contributed by atoms with Crippen LogP contribution in [0, 0.1) is 0 Å². The van der Waals surface area contributed by atoms with Crippen LogP contribution in [-0.2, 0) is 0 Å². The number of furan rings is 1. The van der Waals surface area contributed by atoms with E-state index < -0.39 is 0 Å². The van der Waals surface area contributed by atoms with Gasteiger partial charge in [0.1, 0.15) is 11.2 Å². The summed E-state index contributed by atoms with van der Waals surface area (Å²) in [4.78, 5) is 2.41. The summed E-state index contributed by atoms with van der Waals surface area (Å²) in [6.45, 7) is 0. The first-order valence-electron chi connectivity index (χ1n) is 18.0. The zero-order valence-electron chi connectivity index (χ0n) is 28.7. The SMILES string of the molecule is c1ccc(-c2ccc(N(c3ccc(-c4cccc5sc6ccccc6c45)cc3)c3ccc4ccc5ccccc5c4c3)c3c2oc2ccccc23)cc1. The van der Waals surface area contributed by atoms with Gasteiger partial charge in [-0.3, -0.25) is 0 Å². The third-order valence-electron chi connectivity index (χ3n) is 10.7. The van der Waals surface area contributed by atoms with E-state index in [0.29, 0.717) is 0 Å². The fourth-order valence-electron chi connectivity index (χ4n) is 8.20. The molecule has 0 N–H and O–H groups in total. The Labute approximate surface area is 310 Å². The molecule has 0 aliphatic carbocycles. The largest absolute Gasteiger partial charge is 0.455 e. The maximum absolute atomic E-state index is 6.75. The molecule has 0 aliphatic heterocycles. The van der Waals surface area contributed by atoms with Crippen molar-refractivity contribution in [3.05, 3.63) is 188 Å². The minimum atomic E-state index is 0.878. The molecule has 0 atom stereocenters. The molecule has 0 radical (unpaired) electrons. The minimum absolute atomic E-state index is 0.878. The standard InChI is InChI=1S/C50H31NOS/c1-2-11-32(12-3-1)40-29-30-44(49-41-15-6-8-18-45(41)52-50(40)49)51(37-28-25-35-22-21-33-13-4-5-14-38(33)43(35)31-37)36-26-23-34(24-27-36)39-17-10-20-47-48(39)42-16-7-9-19-46(42)53-47/h1-31H. The predicted molar refractivity (Wildman–Crippen MR) is 227 cm³/mol. The molecule has 53 heavy (non-hydrogen) atoms. The Kier molecular flexibility index (Phi) is 6.76. The number of fused-ring (bicyclic) bond motifs is 9. The molecule has 0 bridgehead atoms. The summed E-state index contributed by atoms with van der Waals surface area (Å²) in [5, 5.41) is 9.75. The molecule has 0 amide bonds. The molecule has 3 heteroatoms. The molecule has 2 nitrogen and oxygen atoms in total. The molecule has 0 aliphatic rings. The molecule has 0 fully saturated rings. The Morgan fingerprint density at radius 2 is 1.06 bits per heavy atom. The first-order chi connectivity index (χ1) is 26.3. The Balaban J connectivity index is 1.16. The molecular formula is C50H31NOS. The van der Waals surface area contributed by atoms with Crippen molar-refractivity contribution >= 4 is 92.1 Å². The summed E-state index contributed by atoms with van der Waals surface area (Å²) in [6, 6.07) is 67.9. The molecule has 0 saturated carbocycles. The topological polar surface area (TPSA) is 16.4 Å². The summed E-state index contributed by atoms with van der Waals surface area (Å²) >= 11 is 1.86. The highest BCUT2D eigenvalue weighted by atomic mass is 32.1. The van der Waals surface area contributed by atoms with Gasteiger partial charge in [0.15, 0.2) is 0 Å². The Morgan fingerprint density at radius 3 is 1.92 bits per heavy atom. The number of thiophene rings is 1.